The second-order valence-corrected chi connectivity index (χ2v) is 6.81. The van der Waals surface area contributed by atoms with Gasteiger partial charge in [0.1, 0.15) is 0 Å². The first-order valence-corrected chi connectivity index (χ1v) is 8.96. The van der Waals surface area contributed by atoms with Gasteiger partial charge in [0, 0.05) is 38.6 Å². The number of piperidine rings is 1. The average molecular weight is 326 g/mol. The molecule has 0 radical (unpaired) electrons. The molecule has 0 aromatic rings. The van der Waals surface area contributed by atoms with Crippen LogP contribution in [-0.2, 0) is 4.79 Å². The maximum atomic E-state index is 11.6. The van der Waals surface area contributed by atoms with Crippen LogP contribution in [0.1, 0.15) is 52.9 Å². The van der Waals surface area contributed by atoms with E-state index in [0.29, 0.717) is 13.0 Å². The lowest BCUT2D eigenvalue weighted by Gasteiger charge is -2.41. The van der Waals surface area contributed by atoms with E-state index in [0.717, 1.165) is 25.5 Å². The number of aliphatic imine (C=N–C) groups is 1. The van der Waals surface area contributed by atoms with Gasteiger partial charge in [-0.3, -0.25) is 14.7 Å². The van der Waals surface area contributed by atoms with Crippen molar-refractivity contribution >= 4 is 11.9 Å². The van der Waals surface area contributed by atoms with E-state index in [4.69, 9.17) is 0 Å². The van der Waals surface area contributed by atoms with Gasteiger partial charge in [0.25, 0.3) is 0 Å². The predicted molar refractivity (Wildman–Crippen MR) is 96.8 cm³/mol. The molecule has 1 saturated heterocycles. The lowest BCUT2D eigenvalue weighted by molar-refractivity contribution is -0.120. The van der Waals surface area contributed by atoms with Crippen LogP contribution in [0.5, 0.6) is 0 Å². The third-order valence-corrected chi connectivity index (χ3v) is 4.34. The highest BCUT2D eigenvalue weighted by Gasteiger charge is 2.27. The first-order valence-electron chi connectivity index (χ1n) is 8.96. The number of nitrogens with one attached hydrogen (secondary N) is 3. The van der Waals surface area contributed by atoms with E-state index in [-0.39, 0.29) is 11.4 Å². The molecule has 0 aliphatic carbocycles. The van der Waals surface area contributed by atoms with Crippen LogP contribution in [0.3, 0.4) is 0 Å². The fourth-order valence-electron chi connectivity index (χ4n) is 2.78. The van der Waals surface area contributed by atoms with Crippen LogP contribution in [0, 0.1) is 0 Å². The van der Waals surface area contributed by atoms with Crippen molar-refractivity contribution in [2.75, 3.05) is 39.8 Å². The summed E-state index contributed by atoms with van der Waals surface area (Å²) in [7, 11) is 1.76. The van der Waals surface area contributed by atoms with Gasteiger partial charge in [0.05, 0.1) is 0 Å². The number of amides is 1. The van der Waals surface area contributed by atoms with Crippen LogP contribution in [0.15, 0.2) is 4.99 Å². The first kappa shape index (κ1) is 19.7. The average Bonchev–Trinajstić information content (AvgIpc) is 2.56. The standard InChI is InChI=1S/C17H35N5O/c1-5-10-19-15(23)9-11-20-16(18-4)21-14-17(2,3)22-12-7-6-8-13-22/h5-14H2,1-4H3,(H,19,23)(H2,18,20,21). The molecule has 1 fully saturated rings. The minimum Gasteiger partial charge on any atom is -0.356 e. The first-order chi connectivity index (χ1) is 11.0. The molecule has 1 rings (SSSR count). The Labute approximate surface area is 141 Å². The van der Waals surface area contributed by atoms with Gasteiger partial charge >= 0.3 is 0 Å². The Kier molecular flexibility index (Phi) is 8.99. The summed E-state index contributed by atoms with van der Waals surface area (Å²) in [4.78, 5) is 18.4. The molecule has 1 aliphatic rings. The maximum absolute atomic E-state index is 11.6. The van der Waals surface area contributed by atoms with E-state index in [1.165, 1.54) is 32.4 Å². The molecule has 0 unspecified atom stereocenters. The molecular weight excluding hydrogens is 290 g/mol. The fourth-order valence-corrected chi connectivity index (χ4v) is 2.78. The highest BCUT2D eigenvalue weighted by molar-refractivity contribution is 5.81. The van der Waals surface area contributed by atoms with Crippen LogP contribution < -0.4 is 16.0 Å². The van der Waals surface area contributed by atoms with E-state index >= 15 is 0 Å². The van der Waals surface area contributed by atoms with Gasteiger partial charge in [0.15, 0.2) is 5.96 Å². The number of carbonyl (C=O) groups excluding carboxylic acids is 1. The quantitative estimate of drug-likeness (QED) is 0.465. The van der Waals surface area contributed by atoms with Crippen LogP contribution in [0.4, 0.5) is 0 Å². The van der Waals surface area contributed by atoms with Crippen molar-refractivity contribution < 1.29 is 4.79 Å². The molecule has 0 aromatic carbocycles. The summed E-state index contributed by atoms with van der Waals surface area (Å²) in [5.74, 6) is 0.849. The number of nitrogens with zero attached hydrogens (tertiary/aromatic N) is 2. The second kappa shape index (κ2) is 10.5. The Morgan fingerprint density at radius 3 is 2.39 bits per heavy atom. The fraction of sp³-hybridized carbons (Fsp3) is 0.882. The van der Waals surface area contributed by atoms with Crippen molar-refractivity contribution in [1.29, 1.82) is 0 Å². The Morgan fingerprint density at radius 2 is 1.78 bits per heavy atom. The summed E-state index contributed by atoms with van der Waals surface area (Å²) in [5.41, 5.74) is 0.108. The van der Waals surface area contributed by atoms with Gasteiger partial charge in [-0.15, -0.1) is 0 Å². The molecule has 1 amide bonds. The molecule has 6 nitrogen and oxygen atoms in total. The lowest BCUT2D eigenvalue weighted by Crippen LogP contribution is -2.55. The molecule has 6 heteroatoms. The van der Waals surface area contributed by atoms with E-state index in [9.17, 15) is 4.79 Å². The highest BCUT2D eigenvalue weighted by atomic mass is 16.1. The molecule has 1 aliphatic heterocycles. The lowest BCUT2D eigenvalue weighted by atomic mass is 9.98. The van der Waals surface area contributed by atoms with Gasteiger partial charge in [-0.05, 0) is 46.2 Å². The largest absolute Gasteiger partial charge is 0.356 e. The molecule has 1 heterocycles. The van der Waals surface area contributed by atoms with E-state index in [1.54, 1.807) is 7.05 Å². The number of likely N-dealkylation sites (tertiary alicyclic amines) is 1. The van der Waals surface area contributed by atoms with Gasteiger partial charge < -0.3 is 16.0 Å². The number of carbonyl (C=O) groups is 1. The number of hydrogen-bond donors (Lipinski definition) is 3. The Bertz CT molecular complexity index is 375. The van der Waals surface area contributed by atoms with E-state index < -0.39 is 0 Å². The van der Waals surface area contributed by atoms with Crippen LogP contribution >= 0.6 is 0 Å². The monoisotopic (exact) mass is 325 g/mol. The van der Waals surface area contributed by atoms with E-state index in [2.05, 4.69) is 39.7 Å². The molecule has 0 saturated carbocycles. The molecule has 3 N–H and O–H groups in total. The topological polar surface area (TPSA) is 68.8 Å². The molecule has 0 aromatic heterocycles. The van der Waals surface area contributed by atoms with Crippen molar-refractivity contribution in [3.63, 3.8) is 0 Å². The Morgan fingerprint density at radius 1 is 1.09 bits per heavy atom. The second-order valence-electron chi connectivity index (χ2n) is 6.81. The predicted octanol–water partition coefficient (Wildman–Crippen LogP) is 1.33. The van der Waals surface area contributed by atoms with Crippen molar-refractivity contribution in [2.24, 2.45) is 4.99 Å². The van der Waals surface area contributed by atoms with Crippen LogP contribution in [-0.4, -0.2) is 62.1 Å². The highest BCUT2D eigenvalue weighted by Crippen LogP contribution is 2.19. The van der Waals surface area contributed by atoms with Crippen LogP contribution in [0.25, 0.3) is 0 Å². The summed E-state index contributed by atoms with van der Waals surface area (Å²) in [6.45, 7) is 11.1. The third kappa shape index (κ3) is 7.68. The van der Waals surface area contributed by atoms with Gasteiger partial charge in [0.2, 0.25) is 5.91 Å². The zero-order chi connectivity index (χ0) is 17.1. The number of rotatable bonds is 8. The van der Waals surface area contributed by atoms with E-state index in [1.807, 2.05) is 6.92 Å². The normalized spacial score (nSPS) is 17.0. The Balaban J connectivity index is 2.28. The number of hydrogen-bond acceptors (Lipinski definition) is 3. The van der Waals surface area contributed by atoms with Gasteiger partial charge in [-0.25, -0.2) is 0 Å². The summed E-state index contributed by atoms with van der Waals surface area (Å²) in [6.07, 6.45) is 5.38. The summed E-state index contributed by atoms with van der Waals surface area (Å²) in [5, 5.41) is 9.48. The minimum absolute atomic E-state index is 0.0865. The molecule has 134 valence electrons. The summed E-state index contributed by atoms with van der Waals surface area (Å²) < 4.78 is 0. The van der Waals surface area contributed by atoms with Crippen LogP contribution in [0.2, 0.25) is 0 Å². The molecule has 0 spiro atoms. The zero-order valence-electron chi connectivity index (χ0n) is 15.4. The summed E-state index contributed by atoms with van der Waals surface area (Å²) >= 11 is 0. The molecule has 23 heavy (non-hydrogen) atoms. The smallest absolute Gasteiger partial charge is 0.221 e. The molecule has 0 bridgehead atoms. The SMILES string of the molecule is CCCNC(=O)CCNC(=NC)NCC(C)(C)N1CCCCC1. The minimum atomic E-state index is 0.0865. The molecular formula is C17H35N5O. The van der Waals surface area contributed by atoms with Gasteiger partial charge in [-0.1, -0.05) is 13.3 Å². The summed E-state index contributed by atoms with van der Waals surface area (Å²) in [6, 6.07) is 0. The Hall–Kier alpha value is -1.30. The van der Waals surface area contributed by atoms with Crippen molar-refractivity contribution in [2.45, 2.75) is 58.4 Å². The van der Waals surface area contributed by atoms with Crippen molar-refractivity contribution in [3.8, 4) is 0 Å². The zero-order valence-corrected chi connectivity index (χ0v) is 15.4. The van der Waals surface area contributed by atoms with Crippen molar-refractivity contribution in [1.82, 2.24) is 20.9 Å². The third-order valence-electron chi connectivity index (χ3n) is 4.34. The van der Waals surface area contributed by atoms with Crippen molar-refractivity contribution in [3.05, 3.63) is 0 Å². The van der Waals surface area contributed by atoms with Gasteiger partial charge in [-0.2, -0.15) is 0 Å². The number of guanidine groups is 1. The molecule has 0 atom stereocenters. The maximum Gasteiger partial charge on any atom is 0.221 e.